The summed E-state index contributed by atoms with van der Waals surface area (Å²) in [6, 6.07) is 0. The summed E-state index contributed by atoms with van der Waals surface area (Å²) in [5.74, 6) is -0.0940. The summed E-state index contributed by atoms with van der Waals surface area (Å²) in [6.45, 7) is 2.07. The quantitative estimate of drug-likeness (QED) is 0.796. The van der Waals surface area contributed by atoms with Crippen molar-refractivity contribution in [1.29, 1.82) is 0 Å². The van der Waals surface area contributed by atoms with E-state index in [1.54, 1.807) is 7.11 Å². The highest BCUT2D eigenvalue weighted by Crippen LogP contribution is 2.55. The van der Waals surface area contributed by atoms with Crippen LogP contribution in [0.1, 0.15) is 45.4 Å². The number of hydrogen-bond acceptors (Lipinski definition) is 5. The van der Waals surface area contributed by atoms with Gasteiger partial charge in [-0.25, -0.2) is 9.78 Å². The zero-order chi connectivity index (χ0) is 13.5. The van der Waals surface area contributed by atoms with E-state index in [0.717, 1.165) is 25.7 Å². The van der Waals surface area contributed by atoms with E-state index in [-0.39, 0.29) is 12.5 Å². The van der Waals surface area contributed by atoms with Gasteiger partial charge in [-0.1, -0.05) is 6.42 Å². The molecule has 2 bridgehead atoms. The van der Waals surface area contributed by atoms with Gasteiger partial charge in [-0.05, 0) is 44.4 Å². The summed E-state index contributed by atoms with van der Waals surface area (Å²) in [7, 11) is 1.66. The van der Waals surface area contributed by atoms with Crippen LogP contribution in [0.5, 0.6) is 0 Å². The van der Waals surface area contributed by atoms with E-state index in [4.69, 9.17) is 19.2 Å². The molecule has 19 heavy (non-hydrogen) atoms. The SMILES string of the molecule is CO[C@H]1OC2(C)CC[C@H]3CCCC(CCO)[C@]31OO2. The molecule has 4 rings (SSSR count). The minimum absolute atomic E-state index is 0.163. The molecule has 3 heterocycles. The number of ether oxygens (including phenoxy) is 2. The van der Waals surface area contributed by atoms with Crippen LogP contribution in [0.25, 0.3) is 0 Å². The molecule has 0 amide bonds. The van der Waals surface area contributed by atoms with E-state index in [0.29, 0.717) is 12.3 Å². The number of aliphatic hydroxyl groups is 1. The van der Waals surface area contributed by atoms with Gasteiger partial charge in [0.25, 0.3) is 0 Å². The lowest BCUT2D eigenvalue weighted by molar-refractivity contribution is -0.554. The van der Waals surface area contributed by atoms with Crippen molar-refractivity contribution in [2.45, 2.75) is 63.1 Å². The highest BCUT2D eigenvalue weighted by molar-refractivity contribution is 5.03. The number of methoxy groups -OCH3 is 1. The minimum Gasteiger partial charge on any atom is -0.396 e. The largest absolute Gasteiger partial charge is 0.396 e. The number of fused-ring (bicyclic) bond motifs is 3. The van der Waals surface area contributed by atoms with Crippen LogP contribution in [-0.4, -0.2) is 36.5 Å². The fraction of sp³-hybridized carbons (Fsp3) is 1.00. The Morgan fingerprint density at radius 3 is 2.84 bits per heavy atom. The first-order valence-corrected chi connectivity index (χ1v) is 7.33. The van der Waals surface area contributed by atoms with Crippen LogP contribution in [0.3, 0.4) is 0 Å². The Morgan fingerprint density at radius 1 is 1.26 bits per heavy atom. The van der Waals surface area contributed by atoms with E-state index in [2.05, 4.69) is 0 Å². The average molecular weight is 272 g/mol. The normalized spacial score (nSPS) is 49.7. The molecule has 5 nitrogen and oxygen atoms in total. The second kappa shape index (κ2) is 4.97. The predicted molar refractivity (Wildman–Crippen MR) is 67.0 cm³/mol. The molecule has 0 aromatic rings. The number of hydrogen-bond donors (Lipinski definition) is 1. The first-order valence-electron chi connectivity index (χ1n) is 7.33. The Kier molecular flexibility index (Phi) is 3.60. The molecule has 2 unspecified atom stereocenters. The molecule has 0 aromatic carbocycles. The summed E-state index contributed by atoms with van der Waals surface area (Å²) in [6.07, 6.45) is 5.47. The van der Waals surface area contributed by atoms with Crippen molar-refractivity contribution in [3.8, 4) is 0 Å². The Hall–Kier alpha value is -0.200. The lowest BCUT2D eigenvalue weighted by Crippen LogP contribution is -2.63. The zero-order valence-corrected chi connectivity index (χ0v) is 11.8. The fourth-order valence-corrected chi connectivity index (χ4v) is 4.12. The molecule has 1 spiro atoms. The van der Waals surface area contributed by atoms with Crippen LogP contribution in [0.4, 0.5) is 0 Å². The summed E-state index contributed by atoms with van der Waals surface area (Å²) in [5.41, 5.74) is -0.550. The lowest BCUT2D eigenvalue weighted by Gasteiger charge is -2.53. The van der Waals surface area contributed by atoms with E-state index >= 15 is 0 Å². The molecule has 5 atom stereocenters. The molecular formula is C14H24O5. The van der Waals surface area contributed by atoms with Gasteiger partial charge in [-0.3, -0.25) is 0 Å². The highest BCUT2D eigenvalue weighted by Gasteiger charge is 2.63. The molecule has 3 aliphatic heterocycles. The van der Waals surface area contributed by atoms with Crippen LogP contribution in [0.2, 0.25) is 0 Å². The predicted octanol–water partition coefficient (Wildman–Crippen LogP) is 1.98. The van der Waals surface area contributed by atoms with Crippen molar-refractivity contribution in [2.24, 2.45) is 11.8 Å². The standard InChI is InChI=1S/C14H24O5/c1-13-8-6-10-4-3-5-11(7-9-15)14(10,19-18-13)12(16-2)17-13/h10-12,15H,3-9H2,1-2H3/t10-,11?,12+,13?,14-/m1/s1. The van der Waals surface area contributed by atoms with Crippen LogP contribution in [0, 0.1) is 11.8 Å². The van der Waals surface area contributed by atoms with Crippen molar-refractivity contribution >= 4 is 0 Å². The van der Waals surface area contributed by atoms with Crippen LogP contribution >= 0.6 is 0 Å². The Labute approximate surface area is 114 Å². The average Bonchev–Trinajstić information content (AvgIpc) is 2.64. The Morgan fingerprint density at radius 2 is 2.11 bits per heavy atom. The highest BCUT2D eigenvalue weighted by atomic mass is 17.3. The molecule has 1 N–H and O–H groups in total. The molecule has 1 saturated carbocycles. The first-order chi connectivity index (χ1) is 9.14. The lowest BCUT2D eigenvalue weighted by atomic mass is 9.65. The summed E-state index contributed by atoms with van der Waals surface area (Å²) in [5, 5.41) is 9.33. The molecule has 1 aliphatic carbocycles. The monoisotopic (exact) mass is 272 g/mol. The molecule has 4 aliphatic rings. The van der Waals surface area contributed by atoms with E-state index in [1.807, 2.05) is 6.92 Å². The van der Waals surface area contributed by atoms with Gasteiger partial charge in [0, 0.05) is 20.1 Å². The van der Waals surface area contributed by atoms with E-state index in [9.17, 15) is 5.11 Å². The van der Waals surface area contributed by atoms with Gasteiger partial charge in [-0.15, -0.1) is 0 Å². The van der Waals surface area contributed by atoms with E-state index < -0.39 is 17.7 Å². The maximum atomic E-state index is 9.33. The Bertz CT molecular complexity index is 325. The maximum Gasteiger partial charge on any atom is 0.201 e. The van der Waals surface area contributed by atoms with Gasteiger partial charge >= 0.3 is 0 Å². The molecule has 0 aromatic heterocycles. The third kappa shape index (κ3) is 2.03. The minimum atomic E-state index is -0.701. The van der Waals surface area contributed by atoms with Gasteiger partial charge in [-0.2, -0.15) is 0 Å². The molecule has 110 valence electrons. The summed E-state index contributed by atoms with van der Waals surface area (Å²) in [4.78, 5) is 11.5. The summed E-state index contributed by atoms with van der Waals surface area (Å²) < 4.78 is 11.6. The fourth-order valence-electron chi connectivity index (χ4n) is 4.12. The van der Waals surface area contributed by atoms with Crippen molar-refractivity contribution < 1.29 is 24.4 Å². The topological polar surface area (TPSA) is 57.2 Å². The molecule has 4 fully saturated rings. The number of aliphatic hydroxyl groups excluding tert-OH is 1. The Balaban J connectivity index is 1.97. The number of rotatable bonds is 3. The maximum absolute atomic E-state index is 9.33. The second-order valence-electron chi connectivity index (χ2n) is 6.22. The third-order valence-corrected chi connectivity index (χ3v) is 5.11. The van der Waals surface area contributed by atoms with Crippen molar-refractivity contribution in [1.82, 2.24) is 0 Å². The van der Waals surface area contributed by atoms with Crippen LogP contribution in [-0.2, 0) is 19.2 Å². The van der Waals surface area contributed by atoms with Gasteiger partial charge in [0.2, 0.25) is 5.79 Å². The molecular weight excluding hydrogens is 248 g/mol. The van der Waals surface area contributed by atoms with Gasteiger partial charge < -0.3 is 14.6 Å². The van der Waals surface area contributed by atoms with Crippen LogP contribution in [0.15, 0.2) is 0 Å². The van der Waals surface area contributed by atoms with Gasteiger partial charge in [0.05, 0.1) is 0 Å². The molecule has 0 radical (unpaired) electrons. The van der Waals surface area contributed by atoms with E-state index in [1.165, 1.54) is 6.42 Å². The molecule has 3 saturated heterocycles. The van der Waals surface area contributed by atoms with Crippen molar-refractivity contribution in [2.75, 3.05) is 13.7 Å². The van der Waals surface area contributed by atoms with Gasteiger partial charge in [0.15, 0.2) is 11.9 Å². The molecule has 5 heteroatoms. The van der Waals surface area contributed by atoms with Crippen molar-refractivity contribution in [3.63, 3.8) is 0 Å². The second-order valence-corrected chi connectivity index (χ2v) is 6.22. The van der Waals surface area contributed by atoms with Crippen molar-refractivity contribution in [3.05, 3.63) is 0 Å². The zero-order valence-electron chi connectivity index (χ0n) is 11.8. The third-order valence-electron chi connectivity index (χ3n) is 5.11. The summed E-state index contributed by atoms with van der Waals surface area (Å²) >= 11 is 0. The van der Waals surface area contributed by atoms with Gasteiger partial charge in [0.1, 0.15) is 0 Å². The van der Waals surface area contributed by atoms with Crippen LogP contribution < -0.4 is 0 Å². The smallest absolute Gasteiger partial charge is 0.201 e. The first kappa shape index (κ1) is 13.8.